The summed E-state index contributed by atoms with van der Waals surface area (Å²) in [5, 5.41) is 8.92. The van der Waals surface area contributed by atoms with Gasteiger partial charge in [-0.15, -0.1) is 0 Å². The van der Waals surface area contributed by atoms with Crippen molar-refractivity contribution in [3.63, 3.8) is 0 Å². The lowest BCUT2D eigenvalue weighted by atomic mass is 9.93. The largest absolute Gasteiger partial charge is 0.395 e. The minimum absolute atomic E-state index is 0.0874. The summed E-state index contributed by atoms with van der Waals surface area (Å²) in [6.07, 6.45) is 1.00. The molecule has 0 aliphatic heterocycles. The first-order chi connectivity index (χ1) is 7.06. The molecule has 0 aromatic heterocycles. The van der Waals surface area contributed by atoms with Crippen LogP contribution in [0.1, 0.15) is 19.4 Å². The van der Waals surface area contributed by atoms with Crippen LogP contribution in [-0.2, 0) is 6.42 Å². The molecule has 1 rings (SSSR count). The molecule has 2 nitrogen and oxygen atoms in total. The lowest BCUT2D eigenvalue weighted by Gasteiger charge is -2.35. The second-order valence-corrected chi connectivity index (χ2v) is 4.62. The molecule has 0 saturated heterocycles. The van der Waals surface area contributed by atoms with Crippen LogP contribution in [0, 0.1) is 0 Å². The molecule has 0 amide bonds. The van der Waals surface area contributed by atoms with Gasteiger partial charge < -0.3 is 5.11 Å². The fourth-order valence-corrected chi connectivity index (χ4v) is 1.68. The molecule has 0 fully saturated rings. The number of nitrogens with zero attached hydrogens (tertiary/aromatic N) is 1. The highest BCUT2D eigenvalue weighted by molar-refractivity contribution is 5.17. The quantitative estimate of drug-likeness (QED) is 0.797. The van der Waals surface area contributed by atoms with Gasteiger partial charge in [0.1, 0.15) is 0 Å². The van der Waals surface area contributed by atoms with Gasteiger partial charge in [0.25, 0.3) is 0 Å². The molecular formula is C13H21NO. The molecule has 0 unspecified atom stereocenters. The van der Waals surface area contributed by atoms with Gasteiger partial charge in [0.05, 0.1) is 6.61 Å². The number of β-amino-alcohol motifs (C(OH)–C–C–N with tert-alkyl or cyclic N) is 1. The Morgan fingerprint density at radius 1 is 1.20 bits per heavy atom. The van der Waals surface area contributed by atoms with Crippen molar-refractivity contribution in [2.45, 2.75) is 25.8 Å². The van der Waals surface area contributed by atoms with Crippen LogP contribution in [0.25, 0.3) is 0 Å². The van der Waals surface area contributed by atoms with Crippen LogP contribution in [0.3, 0.4) is 0 Å². The van der Waals surface area contributed by atoms with Crippen LogP contribution in [-0.4, -0.2) is 35.7 Å². The normalized spacial score (nSPS) is 12.1. The van der Waals surface area contributed by atoms with Gasteiger partial charge in [0.2, 0.25) is 0 Å². The Hall–Kier alpha value is -0.860. The highest BCUT2D eigenvalue weighted by Crippen LogP contribution is 2.18. The third-order valence-electron chi connectivity index (χ3n) is 2.95. The van der Waals surface area contributed by atoms with Crippen LogP contribution < -0.4 is 0 Å². The second-order valence-electron chi connectivity index (χ2n) is 4.62. The highest BCUT2D eigenvalue weighted by atomic mass is 16.3. The van der Waals surface area contributed by atoms with E-state index in [0.29, 0.717) is 0 Å². The van der Waals surface area contributed by atoms with Gasteiger partial charge >= 0.3 is 0 Å². The Morgan fingerprint density at radius 3 is 2.33 bits per heavy atom. The Morgan fingerprint density at radius 2 is 1.80 bits per heavy atom. The highest BCUT2D eigenvalue weighted by Gasteiger charge is 2.23. The number of aliphatic hydroxyl groups is 1. The summed E-state index contributed by atoms with van der Waals surface area (Å²) >= 11 is 0. The molecule has 0 aliphatic rings. The molecule has 0 radical (unpaired) electrons. The van der Waals surface area contributed by atoms with Crippen molar-refractivity contribution in [1.29, 1.82) is 0 Å². The number of likely N-dealkylation sites (N-methyl/N-ethyl adjacent to an activating group) is 1. The molecule has 1 aromatic rings. The minimum atomic E-state index is 0.0874. The molecule has 15 heavy (non-hydrogen) atoms. The van der Waals surface area contributed by atoms with Crippen LogP contribution in [0.15, 0.2) is 30.3 Å². The van der Waals surface area contributed by atoms with Crippen molar-refractivity contribution in [2.75, 3.05) is 20.2 Å². The van der Waals surface area contributed by atoms with E-state index >= 15 is 0 Å². The number of hydrogen-bond acceptors (Lipinski definition) is 2. The van der Waals surface area contributed by atoms with Gasteiger partial charge in [0.15, 0.2) is 0 Å². The summed E-state index contributed by atoms with van der Waals surface area (Å²) < 4.78 is 0. The average Bonchev–Trinajstić information content (AvgIpc) is 2.19. The summed E-state index contributed by atoms with van der Waals surface area (Å²) in [4.78, 5) is 2.19. The zero-order chi connectivity index (χ0) is 11.3. The number of hydrogen-bond donors (Lipinski definition) is 1. The summed E-state index contributed by atoms with van der Waals surface area (Å²) in [6, 6.07) is 10.5. The van der Waals surface area contributed by atoms with E-state index in [4.69, 9.17) is 5.11 Å². The topological polar surface area (TPSA) is 23.5 Å². The van der Waals surface area contributed by atoms with Gasteiger partial charge in [0, 0.05) is 12.1 Å². The van der Waals surface area contributed by atoms with Gasteiger partial charge in [-0.1, -0.05) is 30.3 Å². The van der Waals surface area contributed by atoms with E-state index in [-0.39, 0.29) is 12.1 Å². The van der Waals surface area contributed by atoms with Gasteiger partial charge in [-0.2, -0.15) is 0 Å². The Balaban J connectivity index is 2.63. The maximum absolute atomic E-state index is 8.92. The SMILES string of the molecule is CN(CCO)C(C)(C)Cc1ccccc1. The second kappa shape index (κ2) is 5.29. The van der Waals surface area contributed by atoms with E-state index in [9.17, 15) is 0 Å². The standard InChI is InChI=1S/C13H21NO/c1-13(2,14(3)9-10-15)11-12-7-5-4-6-8-12/h4-8,15H,9-11H2,1-3H3. The van der Waals surface area contributed by atoms with Gasteiger partial charge in [-0.25, -0.2) is 0 Å². The Labute approximate surface area is 92.5 Å². The summed E-state index contributed by atoms with van der Waals surface area (Å²) in [7, 11) is 2.05. The van der Waals surface area contributed by atoms with Crippen molar-refractivity contribution < 1.29 is 5.11 Å². The van der Waals surface area contributed by atoms with E-state index in [1.54, 1.807) is 0 Å². The fraction of sp³-hybridized carbons (Fsp3) is 0.538. The molecule has 0 bridgehead atoms. The van der Waals surface area contributed by atoms with Gasteiger partial charge in [-0.05, 0) is 32.9 Å². The van der Waals surface area contributed by atoms with Gasteiger partial charge in [-0.3, -0.25) is 4.90 Å². The molecule has 84 valence electrons. The maximum Gasteiger partial charge on any atom is 0.0558 e. The zero-order valence-corrected chi connectivity index (χ0v) is 9.90. The maximum atomic E-state index is 8.92. The fourth-order valence-electron chi connectivity index (χ4n) is 1.68. The van der Waals surface area contributed by atoms with E-state index in [1.807, 2.05) is 6.07 Å². The van der Waals surface area contributed by atoms with Crippen molar-refractivity contribution >= 4 is 0 Å². The van der Waals surface area contributed by atoms with E-state index < -0.39 is 0 Å². The van der Waals surface area contributed by atoms with Crippen molar-refractivity contribution in [2.24, 2.45) is 0 Å². The number of rotatable bonds is 5. The van der Waals surface area contributed by atoms with Crippen molar-refractivity contribution in [3.05, 3.63) is 35.9 Å². The summed E-state index contributed by atoms with van der Waals surface area (Å²) in [5.74, 6) is 0. The molecule has 0 heterocycles. The summed E-state index contributed by atoms with van der Waals surface area (Å²) in [6.45, 7) is 5.35. The van der Waals surface area contributed by atoms with Crippen LogP contribution in [0.4, 0.5) is 0 Å². The van der Waals surface area contributed by atoms with E-state index in [2.05, 4.69) is 50.1 Å². The molecule has 0 atom stereocenters. The van der Waals surface area contributed by atoms with Crippen LogP contribution in [0.5, 0.6) is 0 Å². The molecular weight excluding hydrogens is 186 g/mol. The third-order valence-corrected chi connectivity index (χ3v) is 2.95. The molecule has 0 spiro atoms. The first-order valence-corrected chi connectivity index (χ1v) is 5.42. The lowest BCUT2D eigenvalue weighted by molar-refractivity contribution is 0.122. The molecule has 1 aromatic carbocycles. The lowest BCUT2D eigenvalue weighted by Crippen LogP contribution is -2.44. The average molecular weight is 207 g/mol. The summed E-state index contributed by atoms with van der Waals surface area (Å²) in [5.41, 5.74) is 1.43. The smallest absolute Gasteiger partial charge is 0.0558 e. The van der Waals surface area contributed by atoms with Crippen molar-refractivity contribution in [1.82, 2.24) is 4.90 Å². The van der Waals surface area contributed by atoms with Crippen molar-refractivity contribution in [3.8, 4) is 0 Å². The van der Waals surface area contributed by atoms with Crippen LogP contribution in [0.2, 0.25) is 0 Å². The van der Waals surface area contributed by atoms with E-state index in [0.717, 1.165) is 13.0 Å². The minimum Gasteiger partial charge on any atom is -0.395 e. The molecule has 0 saturated carbocycles. The third kappa shape index (κ3) is 3.65. The van der Waals surface area contributed by atoms with E-state index in [1.165, 1.54) is 5.56 Å². The monoisotopic (exact) mass is 207 g/mol. The molecule has 0 aliphatic carbocycles. The van der Waals surface area contributed by atoms with Crippen LogP contribution >= 0.6 is 0 Å². The first kappa shape index (κ1) is 12.2. The predicted octanol–water partition coefficient (Wildman–Crippen LogP) is 1.93. The zero-order valence-electron chi connectivity index (χ0n) is 9.90. The number of benzene rings is 1. The Kier molecular flexibility index (Phi) is 4.30. The molecule has 1 N–H and O–H groups in total. The predicted molar refractivity (Wildman–Crippen MR) is 63.9 cm³/mol. The molecule has 2 heteroatoms. The number of aliphatic hydroxyl groups excluding tert-OH is 1. The Bertz CT molecular complexity index is 282. The first-order valence-electron chi connectivity index (χ1n) is 5.42.